The van der Waals surface area contributed by atoms with Crippen LogP contribution in [0.4, 0.5) is 38.4 Å². The highest BCUT2D eigenvalue weighted by molar-refractivity contribution is 5.77. The Kier molecular flexibility index (Phi) is 24.0. The van der Waals surface area contributed by atoms with Crippen molar-refractivity contribution in [2.75, 3.05) is 58.1 Å². The number of hydrogen-bond acceptors (Lipinski definition) is 29. The molecule has 42 heteroatoms. The first-order valence-corrected chi connectivity index (χ1v) is 38.4. The van der Waals surface area contributed by atoms with E-state index >= 15 is 0 Å². The van der Waals surface area contributed by atoms with E-state index in [1.807, 2.05) is 20.8 Å². The summed E-state index contributed by atoms with van der Waals surface area (Å²) in [5, 5.41) is 62.6. The van der Waals surface area contributed by atoms with Gasteiger partial charge < -0.3 is 105 Å². The number of anilines is 2. The Morgan fingerprint density at radius 2 is 0.783 bits per heavy atom. The SMILES string of the molecule is CC[C@@]1(CF)O[C@@H](N2C=CC(N)NC2=O)[C@]2(C)OC3(CCCC3)O[C@H]12.CC[C@@]1(CF)O[C@@H](n2ccc(=O)[nH]c2=O)[C@]2(C)OC3(CCCC3)O[C@H]12.CC[C@@]1(CF)O[C@@H](n2ccc(N)nc2=O)[C@](C)(O)[C@@H]1O.C[C@@]1(O)[C@H](O)[C@](CO)(CF)O[C@H]1n1ccc(N)nc1=O.C[C@@]12OC3(CCCC3)O[C@@H]1[C@](CO)(CF)O[C@H]2n1ccc(=O)[nH]c1=O. The minimum atomic E-state index is -1.99. The Bertz CT molecular complexity index is 4340. The minimum absolute atomic E-state index is 0.0247. The van der Waals surface area contributed by atoms with Crippen molar-refractivity contribution in [3.8, 4) is 0 Å². The zero-order chi connectivity index (χ0) is 83.9. The highest BCUT2D eigenvalue weighted by atomic mass is 19.1. The number of fused-ring (bicyclic) bond motifs is 3. The second-order valence-electron chi connectivity index (χ2n) is 32.5. The van der Waals surface area contributed by atoms with E-state index in [2.05, 4.69) is 25.3 Å². The van der Waals surface area contributed by atoms with Gasteiger partial charge in [0.25, 0.3) is 11.1 Å². The van der Waals surface area contributed by atoms with Gasteiger partial charge in [-0.25, -0.2) is 45.9 Å². The van der Waals surface area contributed by atoms with E-state index in [-0.39, 0.29) is 24.1 Å². The van der Waals surface area contributed by atoms with Crippen LogP contribution in [0.1, 0.15) is 177 Å². The molecule has 3 saturated carbocycles. The van der Waals surface area contributed by atoms with Crippen LogP contribution in [0, 0.1) is 0 Å². The summed E-state index contributed by atoms with van der Waals surface area (Å²) in [4.78, 5) is 96.0. The molecule has 0 aromatic carbocycles. The van der Waals surface area contributed by atoms with E-state index in [0.29, 0.717) is 25.7 Å². The number of aliphatic hydroxyl groups is 6. The summed E-state index contributed by atoms with van der Waals surface area (Å²) in [5.74, 6) is -2.27. The van der Waals surface area contributed by atoms with Gasteiger partial charge in [0.15, 0.2) is 59.7 Å². The molecule has 4 aromatic rings. The Morgan fingerprint density at radius 3 is 1.10 bits per heavy atom. The number of hydrogen-bond donors (Lipinski definition) is 12. The Morgan fingerprint density at radius 1 is 0.461 bits per heavy atom. The largest absolute Gasteiger partial charge is 0.393 e. The number of nitrogen functional groups attached to an aromatic ring is 2. The van der Waals surface area contributed by atoms with Crippen molar-refractivity contribution in [1.29, 1.82) is 0 Å². The fraction of sp³-hybridized carbons (Fsp3) is 0.740. The Labute approximate surface area is 654 Å². The van der Waals surface area contributed by atoms with Crippen LogP contribution >= 0.6 is 0 Å². The zero-order valence-electron chi connectivity index (χ0n) is 65.0. The first kappa shape index (κ1) is 87.0. The van der Waals surface area contributed by atoms with Crippen LogP contribution in [0.25, 0.3) is 0 Å². The number of nitrogens with two attached hydrogens (primary N) is 3. The molecule has 4 aromatic heterocycles. The molecular formula is C73H104F5N13O24. The molecule has 37 nitrogen and oxygen atoms in total. The molecule has 2 amide bonds. The fourth-order valence-electron chi connectivity index (χ4n) is 18.4. The molecule has 21 atom stereocenters. The van der Waals surface area contributed by atoms with Gasteiger partial charge in [-0.15, -0.1) is 0 Å². The third-order valence-electron chi connectivity index (χ3n) is 24.7. The second-order valence-corrected chi connectivity index (χ2v) is 32.5. The molecule has 15 N–H and O–H groups in total. The van der Waals surface area contributed by atoms with Crippen molar-refractivity contribution >= 4 is 17.7 Å². The van der Waals surface area contributed by atoms with Gasteiger partial charge in [-0.1, -0.05) is 20.8 Å². The molecule has 115 heavy (non-hydrogen) atoms. The van der Waals surface area contributed by atoms with Crippen LogP contribution in [0.15, 0.2) is 90.1 Å². The van der Waals surface area contributed by atoms with Crippen molar-refractivity contribution in [2.24, 2.45) is 5.73 Å². The number of aromatic nitrogens is 8. The van der Waals surface area contributed by atoms with Gasteiger partial charge in [0.2, 0.25) is 0 Å². The van der Waals surface area contributed by atoms with Gasteiger partial charge in [0, 0.05) is 81.6 Å². The highest BCUT2D eigenvalue weighted by Crippen LogP contribution is 2.62. The van der Waals surface area contributed by atoms with Crippen LogP contribution in [-0.2, 0) is 52.1 Å². The van der Waals surface area contributed by atoms with E-state index in [4.69, 9.17) is 69.3 Å². The Hall–Kier alpha value is -7.34. The molecule has 9 aliphatic heterocycles. The third kappa shape index (κ3) is 14.6. The van der Waals surface area contributed by atoms with Crippen LogP contribution in [0.2, 0.25) is 0 Å². The molecule has 11 fully saturated rings. The lowest BCUT2D eigenvalue weighted by Crippen LogP contribution is -2.58. The van der Waals surface area contributed by atoms with E-state index in [1.165, 1.54) is 72.4 Å². The number of ether oxygens (including phenoxy) is 11. The number of nitrogens with zero attached hydrogens (tertiary/aromatic N) is 7. The maximum Gasteiger partial charge on any atom is 0.351 e. The van der Waals surface area contributed by atoms with Crippen LogP contribution in [-0.4, -0.2) is 243 Å². The number of carbonyl (C=O) groups is 1. The molecule has 8 saturated heterocycles. The lowest BCUT2D eigenvalue weighted by molar-refractivity contribution is -0.253. The van der Waals surface area contributed by atoms with E-state index in [0.717, 1.165) is 77.9 Å². The molecule has 3 spiro atoms. The number of alkyl halides is 5. The van der Waals surface area contributed by atoms with Gasteiger partial charge >= 0.3 is 28.8 Å². The number of aromatic amines is 2. The summed E-state index contributed by atoms with van der Waals surface area (Å²) in [5.41, 5.74) is -1.88. The summed E-state index contributed by atoms with van der Waals surface area (Å²) < 4.78 is 139. The highest BCUT2D eigenvalue weighted by Gasteiger charge is 2.76. The molecule has 3 aliphatic carbocycles. The van der Waals surface area contributed by atoms with Crippen molar-refractivity contribution in [3.05, 3.63) is 124 Å². The molecule has 0 bridgehead atoms. The fourth-order valence-corrected chi connectivity index (χ4v) is 18.4. The number of urea groups is 1. The Balaban J connectivity index is 0.000000133. The summed E-state index contributed by atoms with van der Waals surface area (Å²) in [6.07, 6.45) is 8.44. The smallest absolute Gasteiger partial charge is 0.351 e. The average molecular weight is 1640 g/mol. The van der Waals surface area contributed by atoms with E-state index in [1.54, 1.807) is 33.0 Å². The predicted molar refractivity (Wildman–Crippen MR) is 390 cm³/mol. The zero-order valence-corrected chi connectivity index (χ0v) is 65.0. The van der Waals surface area contributed by atoms with Gasteiger partial charge in [-0.05, 0) is 111 Å². The number of amides is 2. The second kappa shape index (κ2) is 31.7. The summed E-state index contributed by atoms with van der Waals surface area (Å²) in [6.45, 7) is 7.07. The number of carbonyl (C=O) groups excluding carboxylic acids is 1. The maximum atomic E-state index is 14.1. The minimum Gasteiger partial charge on any atom is -0.393 e. The van der Waals surface area contributed by atoms with Gasteiger partial charge in [0.05, 0.1) is 19.4 Å². The molecule has 16 rings (SSSR count). The molecule has 13 heterocycles. The third-order valence-corrected chi connectivity index (χ3v) is 24.7. The van der Waals surface area contributed by atoms with Gasteiger partial charge in [0.1, 0.15) is 120 Å². The molecule has 12 aliphatic rings. The van der Waals surface area contributed by atoms with Gasteiger partial charge in [-0.3, -0.25) is 42.7 Å². The van der Waals surface area contributed by atoms with E-state index in [9.17, 15) is 86.2 Å². The number of rotatable bonds is 15. The summed E-state index contributed by atoms with van der Waals surface area (Å²) >= 11 is 0. The van der Waals surface area contributed by atoms with Gasteiger partial charge in [-0.2, -0.15) is 9.97 Å². The van der Waals surface area contributed by atoms with Crippen LogP contribution < -0.4 is 56.4 Å². The van der Waals surface area contributed by atoms with E-state index < -0.39 is 222 Å². The molecule has 1 unspecified atom stereocenters. The van der Waals surface area contributed by atoms with Crippen LogP contribution in [0.3, 0.4) is 0 Å². The van der Waals surface area contributed by atoms with Crippen LogP contribution in [0.5, 0.6) is 0 Å². The van der Waals surface area contributed by atoms with Crippen molar-refractivity contribution in [2.45, 2.75) is 293 Å². The maximum absolute atomic E-state index is 14.1. The summed E-state index contributed by atoms with van der Waals surface area (Å²) in [7, 11) is 0. The molecule has 640 valence electrons. The number of aliphatic hydroxyl groups excluding tert-OH is 4. The lowest BCUT2D eigenvalue weighted by atomic mass is 9.86. The first-order chi connectivity index (χ1) is 54.2. The summed E-state index contributed by atoms with van der Waals surface area (Å²) in [6, 6.07) is 4.68. The molecular weight excluding hydrogens is 1540 g/mol. The monoisotopic (exact) mass is 1640 g/mol. The standard InChI is InChI=1S/C17H26FN3O4.C17H23FN2O5.C16H21FN2O6.C12H18FN3O4.C11H16FN3O5/c1-3-16(10-18)12-15(2,25-17(23-12)7-4-5-8-17)13(24-16)21-9-6-11(19)20-14(21)22;1-3-16(10-18)12-15(2,25-17(23-12)7-4-5-8-17)13(24-16)20-9-6-11(21)19-14(20)22;1-14-11(23-16(25-14)5-2-3-6-16)15(8-17,9-20)24-12(14)19-7-4-10(21)18-13(19)22;1-3-12(6-13)8(17)11(2,19)9(20-12)16-5-4-7(14)15-10(16)18;1-10(19)7(17)11(4-12,5-16)20-8(10)15-3-2-6(13)14-9(15)18/h6,9,11-13H,3-5,7-8,10,19H2,1-2H3,(H,20,22);6,9,12-13H,3-5,7-8,10H2,1-2H3,(H,19,21,22);4,7,11-12,20H,2-3,5-6,8-9H2,1H3,(H,18,21,22);4-5,8-9,17,19H,3,6H2,1-2H3,(H2,14,15,18);2-3,7-8,16-17,19H,4-5H2,1H3,(H2,13,14,18)/t11?,12-,13+,15+,16-;12-,13+,15+,16-;11-,12+,14+,15+;8-,9+,11+,12-;7-,8+,10+,11+/m00000/s1. The predicted octanol–water partition coefficient (Wildman–Crippen LogP) is 1.32. The number of H-pyrrole nitrogens is 2. The van der Waals surface area contributed by atoms with Crippen molar-refractivity contribution < 1.29 is 109 Å². The average Bonchev–Trinajstić information content (AvgIpc) is 1.55. The normalized spacial score (nSPS) is 39.8. The van der Waals surface area contributed by atoms with Crippen molar-refractivity contribution in [1.82, 2.24) is 48.4 Å². The quantitative estimate of drug-likeness (QED) is 0.0747. The van der Waals surface area contributed by atoms with Crippen molar-refractivity contribution in [3.63, 3.8) is 0 Å². The topological polar surface area (TPSA) is 513 Å². The number of halogens is 5. The lowest BCUT2D eigenvalue weighted by Gasteiger charge is -2.38. The number of nitrogens with one attached hydrogen (secondary N) is 3. The first-order valence-electron chi connectivity index (χ1n) is 38.4. The molecule has 0 radical (unpaired) electrons.